The molecule has 0 aromatic carbocycles. The van der Waals surface area contributed by atoms with E-state index in [1.54, 1.807) is 13.3 Å². The number of hydrogen-bond donors (Lipinski definition) is 0. The summed E-state index contributed by atoms with van der Waals surface area (Å²) < 4.78 is 7.05. The molecule has 1 aliphatic rings. The van der Waals surface area contributed by atoms with Crippen LogP contribution in [0.1, 0.15) is 12.2 Å². The Hall–Kier alpha value is -0.406. The maximum atomic E-state index is 5.20. The molecule has 71 valence electrons. The molecular formula is C10H10N2OY-2. The summed E-state index contributed by atoms with van der Waals surface area (Å²) in [4.78, 5) is 4.09. The third-order valence-electron chi connectivity index (χ3n) is 2.00. The SMILES string of the molecule is COC1=CC[C-]=C1n1[c-]cnc1C.[Y]. The Morgan fingerprint density at radius 3 is 2.93 bits per heavy atom. The number of methoxy groups -OCH3 is 1. The van der Waals surface area contributed by atoms with Crippen molar-refractivity contribution in [1.29, 1.82) is 0 Å². The van der Waals surface area contributed by atoms with Crippen LogP contribution < -0.4 is 0 Å². The molecule has 0 saturated heterocycles. The van der Waals surface area contributed by atoms with Crippen LogP contribution >= 0.6 is 0 Å². The normalized spacial score (nSPS) is 14.4. The molecule has 1 aromatic rings. The van der Waals surface area contributed by atoms with Crippen LogP contribution in [0.15, 0.2) is 18.0 Å². The molecule has 0 spiro atoms. The maximum Gasteiger partial charge on any atom is 0.0517 e. The standard InChI is InChI=1S/C10H10N2O.Y/c1-8-11-6-7-12(8)9-4-3-5-10(9)13-2;/h5-6H,3H2,1-2H3;/q-2;. The molecule has 1 heterocycles. The fourth-order valence-electron chi connectivity index (χ4n) is 1.35. The number of hydrogen-bond acceptors (Lipinski definition) is 2. The Morgan fingerprint density at radius 1 is 1.57 bits per heavy atom. The number of aromatic nitrogens is 2. The molecule has 4 heteroatoms. The van der Waals surface area contributed by atoms with Gasteiger partial charge in [-0.25, -0.2) is 5.70 Å². The van der Waals surface area contributed by atoms with Gasteiger partial charge in [0.25, 0.3) is 0 Å². The van der Waals surface area contributed by atoms with Crippen molar-refractivity contribution in [2.24, 2.45) is 0 Å². The van der Waals surface area contributed by atoms with Crippen molar-refractivity contribution in [1.82, 2.24) is 9.55 Å². The molecule has 3 nitrogen and oxygen atoms in total. The van der Waals surface area contributed by atoms with Gasteiger partial charge in [-0.1, -0.05) is 18.9 Å². The van der Waals surface area contributed by atoms with Crippen molar-refractivity contribution in [3.8, 4) is 0 Å². The largest absolute Gasteiger partial charge is 0.592 e. The molecule has 0 atom stereocenters. The van der Waals surface area contributed by atoms with Crippen LogP contribution in [-0.4, -0.2) is 16.7 Å². The monoisotopic (exact) mass is 263 g/mol. The summed E-state index contributed by atoms with van der Waals surface area (Å²) in [5.41, 5.74) is 0.914. The molecule has 0 aliphatic heterocycles. The molecule has 0 fully saturated rings. The number of aryl methyl sites for hydroxylation is 1. The first-order valence-corrected chi connectivity index (χ1v) is 4.10. The van der Waals surface area contributed by atoms with Gasteiger partial charge in [-0.05, 0) is 12.0 Å². The third-order valence-corrected chi connectivity index (χ3v) is 2.00. The minimum Gasteiger partial charge on any atom is -0.592 e. The molecule has 1 radical (unpaired) electrons. The number of rotatable bonds is 2. The van der Waals surface area contributed by atoms with Gasteiger partial charge in [0.1, 0.15) is 0 Å². The molecule has 0 saturated carbocycles. The molecule has 2 rings (SSSR count). The number of ether oxygens (including phenoxy) is 1. The molecule has 0 amide bonds. The molecule has 0 N–H and O–H groups in total. The van der Waals surface area contributed by atoms with E-state index < -0.39 is 0 Å². The van der Waals surface area contributed by atoms with Crippen molar-refractivity contribution in [3.63, 3.8) is 0 Å². The first kappa shape index (κ1) is 11.7. The second-order valence-electron chi connectivity index (χ2n) is 2.77. The van der Waals surface area contributed by atoms with Gasteiger partial charge < -0.3 is 20.4 Å². The summed E-state index contributed by atoms with van der Waals surface area (Å²) in [7, 11) is 1.66. The van der Waals surface area contributed by atoms with E-state index in [0.29, 0.717) is 0 Å². The summed E-state index contributed by atoms with van der Waals surface area (Å²) in [5.74, 6) is 1.74. The zero-order chi connectivity index (χ0) is 9.26. The van der Waals surface area contributed by atoms with Gasteiger partial charge in [-0.15, -0.1) is 6.42 Å². The van der Waals surface area contributed by atoms with Gasteiger partial charge in [-0.3, -0.25) is 0 Å². The minimum atomic E-state index is 0. The summed E-state index contributed by atoms with van der Waals surface area (Å²) in [6.45, 7) is 1.93. The van der Waals surface area contributed by atoms with Crippen molar-refractivity contribution in [2.45, 2.75) is 13.3 Å². The first-order chi connectivity index (χ1) is 6.33. The van der Waals surface area contributed by atoms with Crippen LogP contribution in [0.4, 0.5) is 0 Å². The zero-order valence-corrected chi connectivity index (χ0v) is 11.1. The van der Waals surface area contributed by atoms with E-state index in [9.17, 15) is 0 Å². The van der Waals surface area contributed by atoms with Crippen LogP contribution in [0.3, 0.4) is 0 Å². The van der Waals surface area contributed by atoms with Crippen molar-refractivity contribution < 1.29 is 37.4 Å². The summed E-state index contributed by atoms with van der Waals surface area (Å²) in [5, 5.41) is 0. The van der Waals surface area contributed by atoms with Crippen molar-refractivity contribution >= 4 is 5.70 Å². The van der Waals surface area contributed by atoms with Gasteiger partial charge in [0.2, 0.25) is 0 Å². The smallest absolute Gasteiger partial charge is 0.0517 e. The van der Waals surface area contributed by atoms with Crippen LogP contribution in [0, 0.1) is 19.2 Å². The fourth-order valence-corrected chi connectivity index (χ4v) is 1.35. The van der Waals surface area contributed by atoms with E-state index in [-0.39, 0.29) is 32.7 Å². The van der Waals surface area contributed by atoms with Gasteiger partial charge in [-0.2, -0.15) is 6.08 Å². The molecule has 0 unspecified atom stereocenters. The van der Waals surface area contributed by atoms with E-state index >= 15 is 0 Å². The van der Waals surface area contributed by atoms with Crippen LogP contribution in [-0.2, 0) is 37.4 Å². The average molecular weight is 263 g/mol. The number of imidazole rings is 1. The van der Waals surface area contributed by atoms with Gasteiger partial charge in [0, 0.05) is 32.7 Å². The van der Waals surface area contributed by atoms with E-state index in [1.165, 1.54) is 0 Å². The third kappa shape index (κ3) is 1.99. The van der Waals surface area contributed by atoms with Crippen molar-refractivity contribution in [3.05, 3.63) is 36.1 Å². The predicted octanol–water partition coefficient (Wildman–Crippen LogP) is 1.57. The Labute approximate surface area is 109 Å². The average Bonchev–Trinajstić information content (AvgIpc) is 2.71. The van der Waals surface area contributed by atoms with Gasteiger partial charge in [0.15, 0.2) is 0 Å². The number of allylic oxidation sites excluding steroid dienone is 3. The predicted molar refractivity (Wildman–Crippen MR) is 48.5 cm³/mol. The van der Waals surface area contributed by atoms with Crippen LogP contribution in [0.2, 0.25) is 0 Å². The minimum absolute atomic E-state index is 0. The topological polar surface area (TPSA) is 27.1 Å². The second-order valence-corrected chi connectivity index (χ2v) is 2.77. The van der Waals surface area contributed by atoms with Gasteiger partial charge in [0.05, 0.1) is 7.11 Å². The van der Waals surface area contributed by atoms with Gasteiger partial charge >= 0.3 is 0 Å². The fraction of sp³-hybridized carbons (Fsp3) is 0.300. The molecule has 0 bridgehead atoms. The Bertz CT molecular complexity index is 379. The molecule has 1 aromatic heterocycles. The van der Waals surface area contributed by atoms with E-state index in [2.05, 4.69) is 17.3 Å². The van der Waals surface area contributed by atoms with Crippen molar-refractivity contribution in [2.75, 3.05) is 7.11 Å². The van der Waals surface area contributed by atoms with Crippen LogP contribution in [0.25, 0.3) is 5.70 Å². The molecular weight excluding hydrogens is 253 g/mol. The van der Waals surface area contributed by atoms with E-state index in [1.807, 2.05) is 17.6 Å². The van der Waals surface area contributed by atoms with Crippen LogP contribution in [0.5, 0.6) is 0 Å². The first-order valence-electron chi connectivity index (χ1n) is 4.10. The second kappa shape index (κ2) is 4.90. The summed E-state index contributed by atoms with van der Waals surface area (Å²) in [6.07, 6.45) is 10.6. The Kier molecular flexibility index (Phi) is 4.08. The summed E-state index contributed by atoms with van der Waals surface area (Å²) >= 11 is 0. The van der Waals surface area contributed by atoms with E-state index in [0.717, 1.165) is 23.7 Å². The molecule has 14 heavy (non-hydrogen) atoms. The Balaban J connectivity index is 0.000000980. The quantitative estimate of drug-likeness (QED) is 0.757. The molecule has 1 aliphatic carbocycles. The number of nitrogens with zero attached hydrogens (tertiary/aromatic N) is 2. The van der Waals surface area contributed by atoms with E-state index in [4.69, 9.17) is 4.74 Å². The summed E-state index contributed by atoms with van der Waals surface area (Å²) in [6, 6.07) is 0. The Morgan fingerprint density at radius 2 is 2.36 bits per heavy atom. The maximum absolute atomic E-state index is 5.20. The zero-order valence-electron chi connectivity index (χ0n) is 8.24.